The third-order valence-electron chi connectivity index (χ3n) is 5.34. The number of amides is 1. The summed E-state index contributed by atoms with van der Waals surface area (Å²) in [6.45, 7) is 5.50. The molecule has 2 heterocycles. The van der Waals surface area contributed by atoms with Gasteiger partial charge in [0.25, 0.3) is 5.91 Å². The number of carbonyl (C=O) groups excluding carboxylic acids is 1. The molecule has 2 aliphatic heterocycles. The summed E-state index contributed by atoms with van der Waals surface area (Å²) in [6.07, 6.45) is 5.36. The first-order valence-electron chi connectivity index (χ1n) is 9.60. The summed E-state index contributed by atoms with van der Waals surface area (Å²) in [5, 5.41) is 3.00. The molecule has 3 rings (SSSR count). The van der Waals surface area contributed by atoms with Crippen molar-refractivity contribution in [1.29, 1.82) is 0 Å². The highest BCUT2D eigenvalue weighted by molar-refractivity contribution is 7.92. The van der Waals surface area contributed by atoms with E-state index in [0.717, 1.165) is 19.5 Å². The predicted molar refractivity (Wildman–Crippen MR) is 104 cm³/mol. The fourth-order valence-electron chi connectivity index (χ4n) is 3.69. The summed E-state index contributed by atoms with van der Waals surface area (Å²) >= 11 is 0. The molecule has 7 heteroatoms. The Hall–Kier alpha value is -1.60. The fraction of sp³-hybridized carbons (Fsp3) is 0.632. The van der Waals surface area contributed by atoms with Crippen LogP contribution in [-0.2, 0) is 10.0 Å². The van der Waals surface area contributed by atoms with Gasteiger partial charge in [-0.1, -0.05) is 6.42 Å². The van der Waals surface area contributed by atoms with Gasteiger partial charge in [-0.05, 0) is 70.0 Å². The molecular weight excluding hydrogens is 350 g/mol. The summed E-state index contributed by atoms with van der Waals surface area (Å²) in [7, 11) is -3.22. The quantitative estimate of drug-likeness (QED) is 0.852. The summed E-state index contributed by atoms with van der Waals surface area (Å²) in [4.78, 5) is 14.8. The minimum absolute atomic E-state index is 0.109. The highest BCUT2D eigenvalue weighted by atomic mass is 32.2. The topological polar surface area (TPSA) is 69.7 Å². The minimum Gasteiger partial charge on any atom is -0.350 e. The van der Waals surface area contributed by atoms with E-state index in [1.165, 1.54) is 23.6 Å². The second-order valence-electron chi connectivity index (χ2n) is 7.30. The van der Waals surface area contributed by atoms with Gasteiger partial charge in [0.2, 0.25) is 10.0 Å². The maximum atomic E-state index is 12.4. The van der Waals surface area contributed by atoms with Crippen molar-refractivity contribution in [2.75, 3.05) is 36.2 Å². The molecule has 1 aromatic carbocycles. The molecule has 2 aliphatic rings. The Morgan fingerprint density at radius 2 is 1.69 bits per heavy atom. The van der Waals surface area contributed by atoms with Crippen molar-refractivity contribution in [3.8, 4) is 0 Å². The number of hydrogen-bond donors (Lipinski definition) is 1. The van der Waals surface area contributed by atoms with Gasteiger partial charge in [-0.3, -0.25) is 14.0 Å². The van der Waals surface area contributed by atoms with Crippen LogP contribution in [0.1, 0.15) is 49.4 Å². The van der Waals surface area contributed by atoms with E-state index in [2.05, 4.69) is 17.1 Å². The highest BCUT2D eigenvalue weighted by Gasteiger charge is 2.26. The molecule has 1 aromatic rings. The highest BCUT2D eigenvalue weighted by Crippen LogP contribution is 2.23. The van der Waals surface area contributed by atoms with Crippen LogP contribution in [0.5, 0.6) is 0 Å². The van der Waals surface area contributed by atoms with Crippen LogP contribution < -0.4 is 9.62 Å². The monoisotopic (exact) mass is 379 g/mol. The smallest absolute Gasteiger partial charge is 0.251 e. The normalized spacial score (nSPS) is 22.0. The Bertz CT molecular complexity index is 712. The number of rotatable bonds is 5. The van der Waals surface area contributed by atoms with Crippen LogP contribution in [-0.4, -0.2) is 57.2 Å². The molecule has 1 amide bonds. The maximum absolute atomic E-state index is 12.4. The molecule has 0 aromatic heterocycles. The van der Waals surface area contributed by atoms with Gasteiger partial charge < -0.3 is 5.32 Å². The predicted octanol–water partition coefficient (Wildman–Crippen LogP) is 2.22. The zero-order valence-corrected chi connectivity index (χ0v) is 16.3. The molecule has 0 saturated carbocycles. The lowest BCUT2D eigenvalue weighted by Crippen LogP contribution is -2.44. The van der Waals surface area contributed by atoms with Crippen LogP contribution >= 0.6 is 0 Å². The second-order valence-corrected chi connectivity index (χ2v) is 9.31. The Morgan fingerprint density at radius 3 is 2.35 bits per heavy atom. The Labute approximate surface area is 156 Å². The van der Waals surface area contributed by atoms with Crippen molar-refractivity contribution in [2.45, 2.75) is 45.1 Å². The molecular formula is C19H29N3O3S. The number of piperidine rings is 1. The number of sulfonamides is 1. The van der Waals surface area contributed by atoms with Crippen LogP contribution in [0.15, 0.2) is 24.3 Å². The van der Waals surface area contributed by atoms with Crippen molar-refractivity contribution >= 4 is 21.6 Å². The first kappa shape index (κ1) is 19.2. The van der Waals surface area contributed by atoms with E-state index < -0.39 is 10.0 Å². The number of benzene rings is 1. The van der Waals surface area contributed by atoms with Crippen molar-refractivity contribution in [3.63, 3.8) is 0 Å². The van der Waals surface area contributed by atoms with E-state index in [9.17, 15) is 13.2 Å². The molecule has 0 bridgehead atoms. The van der Waals surface area contributed by atoms with Gasteiger partial charge in [-0.15, -0.1) is 0 Å². The number of nitrogens with zero attached hydrogens (tertiary/aromatic N) is 2. The van der Waals surface area contributed by atoms with Gasteiger partial charge in [-0.2, -0.15) is 0 Å². The summed E-state index contributed by atoms with van der Waals surface area (Å²) < 4.78 is 25.8. The number of likely N-dealkylation sites (tertiary alicyclic amines) is 1. The van der Waals surface area contributed by atoms with Crippen LogP contribution in [0.2, 0.25) is 0 Å². The van der Waals surface area contributed by atoms with Crippen LogP contribution in [0, 0.1) is 0 Å². The molecule has 2 fully saturated rings. The van der Waals surface area contributed by atoms with E-state index >= 15 is 0 Å². The standard InChI is InChI=1S/C19H29N3O3S/c1-16(21-11-3-2-4-12-21)15-20-19(23)17-7-9-18(10-8-17)22-13-5-6-14-26(22,24)25/h7-10,16H,2-6,11-15H2,1H3,(H,20,23). The molecule has 1 atom stereocenters. The van der Waals surface area contributed by atoms with Crippen LogP contribution in [0.25, 0.3) is 0 Å². The molecule has 0 aliphatic carbocycles. The molecule has 1 unspecified atom stereocenters. The van der Waals surface area contributed by atoms with E-state index in [-0.39, 0.29) is 11.7 Å². The minimum atomic E-state index is -3.22. The molecule has 144 valence electrons. The lowest BCUT2D eigenvalue weighted by atomic mass is 10.1. The Kier molecular flexibility index (Phi) is 6.19. The Morgan fingerprint density at radius 1 is 1.04 bits per heavy atom. The molecule has 2 saturated heterocycles. The zero-order chi connectivity index (χ0) is 18.6. The van der Waals surface area contributed by atoms with Gasteiger partial charge in [0, 0.05) is 24.7 Å². The fourth-order valence-corrected chi connectivity index (χ4v) is 5.33. The summed E-state index contributed by atoms with van der Waals surface area (Å²) in [5.41, 5.74) is 1.21. The third kappa shape index (κ3) is 4.57. The van der Waals surface area contributed by atoms with Gasteiger partial charge in [0.05, 0.1) is 11.4 Å². The average Bonchev–Trinajstić information content (AvgIpc) is 2.66. The summed E-state index contributed by atoms with van der Waals surface area (Å²) in [5.74, 6) is 0.0887. The van der Waals surface area contributed by atoms with Gasteiger partial charge in [0.15, 0.2) is 0 Å². The third-order valence-corrected chi connectivity index (χ3v) is 7.21. The van der Waals surface area contributed by atoms with Crippen LogP contribution in [0.4, 0.5) is 5.69 Å². The van der Waals surface area contributed by atoms with Crippen molar-refractivity contribution in [1.82, 2.24) is 10.2 Å². The SMILES string of the molecule is CC(CNC(=O)c1ccc(N2CCCCS2(=O)=O)cc1)N1CCCCC1. The van der Waals surface area contributed by atoms with E-state index in [1.807, 2.05) is 0 Å². The Balaban J connectivity index is 1.56. The lowest BCUT2D eigenvalue weighted by molar-refractivity contribution is 0.0930. The number of hydrogen-bond acceptors (Lipinski definition) is 4. The van der Waals surface area contributed by atoms with Gasteiger partial charge >= 0.3 is 0 Å². The van der Waals surface area contributed by atoms with Gasteiger partial charge in [0.1, 0.15) is 0 Å². The summed E-state index contributed by atoms with van der Waals surface area (Å²) in [6, 6.07) is 7.20. The van der Waals surface area contributed by atoms with E-state index in [1.54, 1.807) is 24.3 Å². The van der Waals surface area contributed by atoms with Crippen molar-refractivity contribution < 1.29 is 13.2 Å². The first-order chi connectivity index (χ1) is 12.5. The van der Waals surface area contributed by atoms with Gasteiger partial charge in [-0.25, -0.2) is 8.42 Å². The number of anilines is 1. The maximum Gasteiger partial charge on any atom is 0.251 e. The molecule has 26 heavy (non-hydrogen) atoms. The largest absolute Gasteiger partial charge is 0.350 e. The van der Waals surface area contributed by atoms with E-state index in [4.69, 9.17) is 0 Å². The van der Waals surface area contributed by atoms with Crippen molar-refractivity contribution in [3.05, 3.63) is 29.8 Å². The second kappa shape index (κ2) is 8.39. The zero-order valence-electron chi connectivity index (χ0n) is 15.5. The lowest BCUT2D eigenvalue weighted by Gasteiger charge is -2.32. The molecule has 0 radical (unpaired) electrons. The first-order valence-corrected chi connectivity index (χ1v) is 11.2. The molecule has 6 nitrogen and oxygen atoms in total. The average molecular weight is 380 g/mol. The molecule has 1 N–H and O–H groups in total. The number of carbonyl (C=O) groups is 1. The molecule has 0 spiro atoms. The van der Waals surface area contributed by atoms with E-state index in [0.29, 0.717) is 36.8 Å². The number of nitrogens with one attached hydrogen (secondary N) is 1. The van der Waals surface area contributed by atoms with Crippen LogP contribution in [0.3, 0.4) is 0 Å². The van der Waals surface area contributed by atoms with Crippen molar-refractivity contribution in [2.24, 2.45) is 0 Å².